The van der Waals surface area contributed by atoms with Crippen molar-refractivity contribution in [2.24, 2.45) is 5.41 Å². The Balaban J connectivity index is 1.85. The Morgan fingerprint density at radius 1 is 1.36 bits per heavy atom. The monoisotopic (exact) mass is 345 g/mol. The third-order valence-electron chi connectivity index (χ3n) is 4.85. The van der Waals surface area contributed by atoms with Crippen molar-refractivity contribution in [3.05, 3.63) is 58.3 Å². The predicted octanol–water partition coefficient (Wildman–Crippen LogP) is 1.65. The van der Waals surface area contributed by atoms with Crippen LogP contribution >= 0.6 is 0 Å². The first-order chi connectivity index (χ1) is 11.9. The maximum Gasteiger partial charge on any atom is 0.271 e. The lowest BCUT2D eigenvalue weighted by Crippen LogP contribution is -2.45. The molecule has 1 aromatic heterocycles. The molecule has 0 saturated heterocycles. The number of aromatic nitrogens is 2. The normalized spacial score (nSPS) is 22.8. The van der Waals surface area contributed by atoms with E-state index in [0.717, 1.165) is 23.9 Å². The Hall–Kier alpha value is -2.54. The molecule has 1 saturated carbocycles. The summed E-state index contributed by atoms with van der Waals surface area (Å²) in [6, 6.07) is 7.77. The Labute approximate surface area is 144 Å². The van der Waals surface area contributed by atoms with Crippen molar-refractivity contribution >= 4 is 5.91 Å². The Kier molecular flexibility index (Phi) is 4.67. The lowest BCUT2D eigenvalue weighted by Gasteiger charge is -2.29. The molecule has 2 N–H and O–H groups in total. The summed E-state index contributed by atoms with van der Waals surface area (Å²) >= 11 is 0. The molecule has 1 aromatic carbocycles. The van der Waals surface area contributed by atoms with Gasteiger partial charge in [0, 0.05) is 17.5 Å². The van der Waals surface area contributed by atoms with E-state index in [4.69, 9.17) is 0 Å². The van der Waals surface area contributed by atoms with Crippen LogP contribution < -0.4 is 10.9 Å². The molecule has 25 heavy (non-hydrogen) atoms. The lowest BCUT2D eigenvalue weighted by molar-refractivity contribution is 0.0824. The molecule has 3 rings (SSSR count). The third-order valence-corrected chi connectivity index (χ3v) is 4.85. The standard InChI is InChI=1S/C18H20FN3O3/c1-18(11-23)10-2-3-15(18)20-17(25)14-8-9-16(24)22(21-14)13-6-4-12(19)5-7-13/h4-9,15,23H,2-3,10-11H2,1H3,(H,20,25). The van der Waals surface area contributed by atoms with E-state index in [0.29, 0.717) is 5.69 Å². The van der Waals surface area contributed by atoms with Crippen molar-refractivity contribution in [1.29, 1.82) is 0 Å². The van der Waals surface area contributed by atoms with Crippen LogP contribution in [0.2, 0.25) is 0 Å². The molecule has 1 amide bonds. The number of hydrogen-bond donors (Lipinski definition) is 2. The number of amides is 1. The molecule has 7 heteroatoms. The summed E-state index contributed by atoms with van der Waals surface area (Å²) in [5.74, 6) is -0.822. The summed E-state index contributed by atoms with van der Waals surface area (Å²) in [6.45, 7) is 1.94. The predicted molar refractivity (Wildman–Crippen MR) is 90.1 cm³/mol. The van der Waals surface area contributed by atoms with Gasteiger partial charge in [-0.2, -0.15) is 9.78 Å². The third kappa shape index (κ3) is 3.46. The average molecular weight is 345 g/mol. The zero-order valence-corrected chi connectivity index (χ0v) is 13.9. The van der Waals surface area contributed by atoms with Gasteiger partial charge in [-0.15, -0.1) is 0 Å². The van der Waals surface area contributed by atoms with Gasteiger partial charge >= 0.3 is 0 Å². The quantitative estimate of drug-likeness (QED) is 0.882. The van der Waals surface area contributed by atoms with E-state index in [1.807, 2.05) is 6.92 Å². The zero-order valence-electron chi connectivity index (χ0n) is 13.9. The van der Waals surface area contributed by atoms with E-state index in [9.17, 15) is 19.1 Å². The molecule has 1 aliphatic carbocycles. The van der Waals surface area contributed by atoms with Gasteiger partial charge in [-0.05, 0) is 43.2 Å². The first-order valence-corrected chi connectivity index (χ1v) is 8.21. The maximum absolute atomic E-state index is 13.1. The number of aliphatic hydroxyl groups is 1. The number of hydrogen-bond acceptors (Lipinski definition) is 4. The number of aliphatic hydroxyl groups excluding tert-OH is 1. The van der Waals surface area contributed by atoms with Crippen molar-refractivity contribution in [3.63, 3.8) is 0 Å². The van der Waals surface area contributed by atoms with Crippen molar-refractivity contribution in [2.45, 2.75) is 32.2 Å². The molecule has 2 atom stereocenters. The van der Waals surface area contributed by atoms with Crippen LogP contribution in [0.3, 0.4) is 0 Å². The van der Waals surface area contributed by atoms with Gasteiger partial charge in [0.2, 0.25) is 0 Å². The van der Waals surface area contributed by atoms with Gasteiger partial charge in [0.25, 0.3) is 11.5 Å². The molecule has 1 fully saturated rings. The van der Waals surface area contributed by atoms with E-state index in [2.05, 4.69) is 10.4 Å². The molecule has 2 unspecified atom stereocenters. The number of rotatable bonds is 4. The van der Waals surface area contributed by atoms with Crippen LogP contribution in [0.1, 0.15) is 36.7 Å². The summed E-state index contributed by atoms with van der Waals surface area (Å²) in [5.41, 5.74) is -0.288. The van der Waals surface area contributed by atoms with Crippen molar-refractivity contribution in [2.75, 3.05) is 6.61 Å². The van der Waals surface area contributed by atoms with Gasteiger partial charge in [0.15, 0.2) is 0 Å². The maximum atomic E-state index is 13.1. The van der Waals surface area contributed by atoms with Crippen LogP contribution in [0.5, 0.6) is 0 Å². The molecule has 1 heterocycles. The SMILES string of the molecule is CC1(CO)CCCC1NC(=O)c1ccc(=O)n(-c2ccc(F)cc2)n1. The van der Waals surface area contributed by atoms with Crippen LogP contribution in [0.25, 0.3) is 5.69 Å². The summed E-state index contributed by atoms with van der Waals surface area (Å²) < 4.78 is 14.1. The molecule has 2 aromatic rings. The summed E-state index contributed by atoms with van der Waals surface area (Å²) in [6.07, 6.45) is 2.57. The Morgan fingerprint density at radius 3 is 2.76 bits per heavy atom. The van der Waals surface area contributed by atoms with Crippen LogP contribution in [-0.4, -0.2) is 33.4 Å². The molecule has 132 valence electrons. The molecular formula is C18H20FN3O3. The molecule has 0 radical (unpaired) electrons. The highest BCUT2D eigenvalue weighted by atomic mass is 19.1. The Morgan fingerprint density at radius 2 is 2.08 bits per heavy atom. The number of carbonyl (C=O) groups excluding carboxylic acids is 1. The summed E-state index contributed by atoms with van der Waals surface area (Å²) in [4.78, 5) is 24.5. The number of carbonyl (C=O) groups is 1. The summed E-state index contributed by atoms with van der Waals surface area (Å²) in [7, 11) is 0. The Bertz CT molecular complexity index is 834. The van der Waals surface area contributed by atoms with Gasteiger partial charge < -0.3 is 10.4 Å². The first kappa shape index (κ1) is 17.3. The van der Waals surface area contributed by atoms with Crippen LogP contribution in [-0.2, 0) is 0 Å². The van der Waals surface area contributed by atoms with Gasteiger partial charge in [-0.3, -0.25) is 9.59 Å². The van der Waals surface area contributed by atoms with Crippen molar-refractivity contribution in [3.8, 4) is 5.69 Å². The van der Waals surface area contributed by atoms with Gasteiger partial charge in [-0.1, -0.05) is 13.3 Å². The smallest absolute Gasteiger partial charge is 0.271 e. The second-order valence-corrected chi connectivity index (χ2v) is 6.68. The molecule has 6 nitrogen and oxygen atoms in total. The van der Waals surface area contributed by atoms with Gasteiger partial charge in [-0.25, -0.2) is 4.39 Å². The molecular weight excluding hydrogens is 325 g/mol. The van der Waals surface area contributed by atoms with Crippen LogP contribution in [0.15, 0.2) is 41.2 Å². The first-order valence-electron chi connectivity index (χ1n) is 8.21. The number of benzene rings is 1. The summed E-state index contributed by atoms with van der Waals surface area (Å²) in [5, 5.41) is 16.6. The topological polar surface area (TPSA) is 84.2 Å². The van der Waals surface area contributed by atoms with Crippen molar-refractivity contribution < 1.29 is 14.3 Å². The molecule has 0 bridgehead atoms. The van der Waals surface area contributed by atoms with Crippen LogP contribution in [0, 0.1) is 11.2 Å². The fourth-order valence-corrected chi connectivity index (χ4v) is 3.20. The highest BCUT2D eigenvalue weighted by Gasteiger charge is 2.39. The lowest BCUT2D eigenvalue weighted by atomic mass is 9.86. The molecule has 0 spiro atoms. The van der Waals surface area contributed by atoms with E-state index >= 15 is 0 Å². The van der Waals surface area contributed by atoms with Gasteiger partial charge in [0.05, 0.1) is 12.3 Å². The highest BCUT2D eigenvalue weighted by Crippen LogP contribution is 2.37. The second-order valence-electron chi connectivity index (χ2n) is 6.68. The fourth-order valence-electron chi connectivity index (χ4n) is 3.20. The number of nitrogens with zero attached hydrogens (tertiary/aromatic N) is 2. The number of nitrogens with one attached hydrogen (secondary N) is 1. The molecule has 1 aliphatic rings. The largest absolute Gasteiger partial charge is 0.396 e. The highest BCUT2D eigenvalue weighted by molar-refractivity contribution is 5.92. The fraction of sp³-hybridized carbons (Fsp3) is 0.389. The van der Waals surface area contributed by atoms with E-state index in [-0.39, 0.29) is 23.8 Å². The minimum absolute atomic E-state index is 0.000449. The van der Waals surface area contributed by atoms with E-state index in [1.165, 1.54) is 36.4 Å². The van der Waals surface area contributed by atoms with Crippen molar-refractivity contribution in [1.82, 2.24) is 15.1 Å². The van der Waals surface area contributed by atoms with E-state index in [1.54, 1.807) is 0 Å². The molecule has 0 aliphatic heterocycles. The number of halogens is 1. The van der Waals surface area contributed by atoms with Crippen LogP contribution in [0.4, 0.5) is 4.39 Å². The second kappa shape index (κ2) is 6.76. The minimum atomic E-state index is -0.421. The van der Waals surface area contributed by atoms with E-state index < -0.39 is 17.3 Å². The minimum Gasteiger partial charge on any atom is -0.396 e. The zero-order chi connectivity index (χ0) is 18.0. The van der Waals surface area contributed by atoms with Gasteiger partial charge in [0.1, 0.15) is 11.5 Å². The average Bonchev–Trinajstić information content (AvgIpc) is 2.97.